The normalized spacial score (nSPS) is 19.0. The molecule has 2 aromatic rings. The molecule has 27 heavy (non-hydrogen) atoms. The highest BCUT2D eigenvalue weighted by Crippen LogP contribution is 2.36. The molecule has 6 nitrogen and oxygen atoms in total. The van der Waals surface area contributed by atoms with E-state index >= 15 is 0 Å². The Hall–Kier alpha value is -2.55. The van der Waals surface area contributed by atoms with E-state index in [1.54, 1.807) is 0 Å². The van der Waals surface area contributed by atoms with Crippen molar-refractivity contribution in [3.63, 3.8) is 0 Å². The maximum Gasteiger partial charge on any atom is 0.319 e. The minimum atomic E-state index is -0.694. The molecule has 7 heteroatoms. The van der Waals surface area contributed by atoms with Crippen LogP contribution in [0.15, 0.2) is 60.8 Å². The SMILES string of the molecule is C=C1NC(=O)N[C@@H](c2cc(I)ccc2OCC)[C@@H]1C(=O)Nc1ccccc1. The quantitative estimate of drug-likeness (QED) is 0.574. The van der Waals surface area contributed by atoms with Gasteiger partial charge in [-0.15, -0.1) is 0 Å². The molecule has 2 atom stereocenters. The second-order valence-electron chi connectivity index (χ2n) is 6.05. The van der Waals surface area contributed by atoms with Gasteiger partial charge in [0.25, 0.3) is 0 Å². The smallest absolute Gasteiger partial charge is 0.319 e. The number of benzene rings is 2. The molecule has 0 aliphatic carbocycles. The Morgan fingerprint density at radius 1 is 1.26 bits per heavy atom. The number of urea groups is 1. The van der Waals surface area contributed by atoms with Gasteiger partial charge in [0.05, 0.1) is 12.6 Å². The molecule has 1 aliphatic rings. The van der Waals surface area contributed by atoms with Crippen LogP contribution >= 0.6 is 22.6 Å². The zero-order chi connectivity index (χ0) is 19.4. The number of hydrogen-bond donors (Lipinski definition) is 3. The number of rotatable bonds is 5. The third-order valence-electron chi connectivity index (χ3n) is 4.20. The molecule has 0 bridgehead atoms. The van der Waals surface area contributed by atoms with E-state index in [-0.39, 0.29) is 5.91 Å². The fourth-order valence-corrected chi connectivity index (χ4v) is 3.56. The van der Waals surface area contributed by atoms with Crippen molar-refractivity contribution >= 4 is 40.2 Å². The second kappa shape index (κ2) is 8.43. The van der Waals surface area contributed by atoms with Crippen molar-refractivity contribution < 1.29 is 14.3 Å². The maximum absolute atomic E-state index is 13.0. The number of halogens is 1. The Kier molecular flexibility index (Phi) is 6.00. The number of hydrogen-bond acceptors (Lipinski definition) is 3. The topological polar surface area (TPSA) is 79.5 Å². The third kappa shape index (κ3) is 4.41. The third-order valence-corrected chi connectivity index (χ3v) is 4.87. The van der Waals surface area contributed by atoms with Gasteiger partial charge in [0.2, 0.25) is 5.91 Å². The number of carbonyl (C=O) groups is 2. The molecule has 0 unspecified atom stereocenters. The zero-order valence-corrected chi connectivity index (χ0v) is 16.9. The molecule has 1 aliphatic heterocycles. The predicted molar refractivity (Wildman–Crippen MR) is 112 cm³/mol. The summed E-state index contributed by atoms with van der Waals surface area (Å²) in [6.07, 6.45) is 0. The minimum absolute atomic E-state index is 0.259. The van der Waals surface area contributed by atoms with E-state index in [4.69, 9.17) is 4.74 Å². The molecule has 3 N–H and O–H groups in total. The van der Waals surface area contributed by atoms with Gasteiger partial charge < -0.3 is 20.7 Å². The summed E-state index contributed by atoms with van der Waals surface area (Å²) in [4.78, 5) is 25.1. The van der Waals surface area contributed by atoms with Crippen molar-refractivity contribution in [2.24, 2.45) is 5.92 Å². The van der Waals surface area contributed by atoms with E-state index in [0.29, 0.717) is 23.7 Å². The Bertz CT molecular complexity index is 870. The van der Waals surface area contributed by atoms with Gasteiger partial charge >= 0.3 is 6.03 Å². The molecule has 3 rings (SSSR count). The van der Waals surface area contributed by atoms with Gasteiger partial charge in [0, 0.05) is 20.5 Å². The summed E-state index contributed by atoms with van der Waals surface area (Å²) in [5, 5.41) is 8.35. The van der Waals surface area contributed by atoms with E-state index < -0.39 is 18.0 Å². The van der Waals surface area contributed by atoms with Gasteiger partial charge in [-0.2, -0.15) is 0 Å². The molecule has 2 aromatic carbocycles. The first-order valence-electron chi connectivity index (χ1n) is 8.54. The highest BCUT2D eigenvalue weighted by atomic mass is 127. The van der Waals surface area contributed by atoms with Crippen molar-refractivity contribution in [3.05, 3.63) is 69.9 Å². The monoisotopic (exact) mass is 477 g/mol. The average molecular weight is 477 g/mol. The number of anilines is 1. The van der Waals surface area contributed by atoms with Crippen LogP contribution in [-0.4, -0.2) is 18.5 Å². The first kappa shape index (κ1) is 19.2. The molecule has 1 saturated heterocycles. The van der Waals surface area contributed by atoms with Crippen LogP contribution in [0.1, 0.15) is 18.5 Å². The number of para-hydroxylation sites is 1. The van der Waals surface area contributed by atoms with Gasteiger partial charge in [-0.05, 0) is 59.8 Å². The maximum atomic E-state index is 13.0. The second-order valence-corrected chi connectivity index (χ2v) is 7.30. The summed E-state index contributed by atoms with van der Waals surface area (Å²) in [6.45, 7) is 6.28. The Morgan fingerprint density at radius 3 is 2.70 bits per heavy atom. The Morgan fingerprint density at radius 2 is 2.00 bits per heavy atom. The fraction of sp³-hybridized carbons (Fsp3) is 0.200. The molecule has 3 amide bonds. The predicted octanol–water partition coefficient (Wildman–Crippen LogP) is 3.81. The first-order valence-corrected chi connectivity index (χ1v) is 9.62. The Labute approximate surface area is 171 Å². The molecule has 1 fully saturated rings. The van der Waals surface area contributed by atoms with Crippen LogP contribution in [0.3, 0.4) is 0 Å². The number of amides is 3. The van der Waals surface area contributed by atoms with Crippen LogP contribution in [0, 0.1) is 9.49 Å². The van der Waals surface area contributed by atoms with Gasteiger partial charge in [-0.3, -0.25) is 4.79 Å². The number of ether oxygens (including phenoxy) is 1. The molecule has 0 saturated carbocycles. The summed E-state index contributed by atoms with van der Waals surface area (Å²) < 4.78 is 6.70. The van der Waals surface area contributed by atoms with Crippen molar-refractivity contribution in [1.82, 2.24) is 10.6 Å². The Balaban J connectivity index is 1.97. The zero-order valence-electron chi connectivity index (χ0n) is 14.8. The summed E-state index contributed by atoms with van der Waals surface area (Å²) in [5.41, 5.74) is 1.77. The standard InChI is InChI=1S/C20H20IN3O3/c1-3-27-16-10-9-13(21)11-15(16)18-17(12(2)22-20(26)24-18)19(25)23-14-7-5-4-6-8-14/h4-11,17-18H,2-3H2,1H3,(H,23,25)(H2,22,24,26)/t17-,18+/m1/s1. The van der Waals surface area contributed by atoms with Crippen LogP contribution in [0.4, 0.5) is 10.5 Å². The fourth-order valence-electron chi connectivity index (χ4n) is 3.04. The molecular weight excluding hydrogens is 457 g/mol. The highest BCUT2D eigenvalue weighted by Gasteiger charge is 2.39. The molecule has 0 aromatic heterocycles. The molecular formula is C20H20IN3O3. The van der Waals surface area contributed by atoms with E-state index in [0.717, 1.165) is 9.13 Å². The molecule has 0 spiro atoms. The van der Waals surface area contributed by atoms with Gasteiger partial charge in [-0.25, -0.2) is 4.79 Å². The van der Waals surface area contributed by atoms with Crippen molar-refractivity contribution in [1.29, 1.82) is 0 Å². The van der Waals surface area contributed by atoms with Crippen LogP contribution in [0.5, 0.6) is 5.75 Å². The van der Waals surface area contributed by atoms with Crippen molar-refractivity contribution in [3.8, 4) is 5.75 Å². The molecule has 140 valence electrons. The number of carbonyl (C=O) groups excluding carboxylic acids is 2. The van der Waals surface area contributed by atoms with Crippen LogP contribution in [-0.2, 0) is 4.79 Å². The lowest BCUT2D eigenvalue weighted by atomic mass is 9.87. The lowest BCUT2D eigenvalue weighted by Gasteiger charge is -2.34. The molecule has 1 heterocycles. The van der Waals surface area contributed by atoms with E-state index in [9.17, 15) is 9.59 Å². The lowest BCUT2D eigenvalue weighted by molar-refractivity contribution is -0.119. The van der Waals surface area contributed by atoms with Gasteiger partial charge in [0.15, 0.2) is 0 Å². The van der Waals surface area contributed by atoms with Gasteiger partial charge in [-0.1, -0.05) is 24.8 Å². The first-order chi connectivity index (χ1) is 13.0. The van der Waals surface area contributed by atoms with Crippen molar-refractivity contribution in [2.75, 3.05) is 11.9 Å². The van der Waals surface area contributed by atoms with Crippen molar-refractivity contribution in [2.45, 2.75) is 13.0 Å². The van der Waals surface area contributed by atoms with E-state index in [1.807, 2.05) is 55.5 Å². The molecule has 0 radical (unpaired) electrons. The van der Waals surface area contributed by atoms with Crippen LogP contribution in [0.2, 0.25) is 0 Å². The van der Waals surface area contributed by atoms with Gasteiger partial charge in [0.1, 0.15) is 11.7 Å². The van der Waals surface area contributed by atoms with E-state index in [1.165, 1.54) is 0 Å². The number of nitrogens with one attached hydrogen (secondary N) is 3. The summed E-state index contributed by atoms with van der Waals surface area (Å²) >= 11 is 2.19. The largest absolute Gasteiger partial charge is 0.494 e. The lowest BCUT2D eigenvalue weighted by Crippen LogP contribution is -2.52. The van der Waals surface area contributed by atoms with E-state index in [2.05, 4.69) is 45.1 Å². The summed E-state index contributed by atoms with van der Waals surface area (Å²) in [6, 6.07) is 13.9. The average Bonchev–Trinajstić information content (AvgIpc) is 2.63. The summed E-state index contributed by atoms with van der Waals surface area (Å²) in [5.74, 6) is -0.319. The van der Waals surface area contributed by atoms with Crippen LogP contribution < -0.4 is 20.7 Å². The van der Waals surface area contributed by atoms with Crippen LogP contribution in [0.25, 0.3) is 0 Å². The summed E-state index contributed by atoms with van der Waals surface area (Å²) in [7, 11) is 0. The minimum Gasteiger partial charge on any atom is -0.494 e. The highest BCUT2D eigenvalue weighted by molar-refractivity contribution is 14.1.